The van der Waals surface area contributed by atoms with Crippen molar-refractivity contribution in [3.63, 3.8) is 0 Å². The van der Waals surface area contributed by atoms with Gasteiger partial charge >= 0.3 is 6.09 Å². The molecule has 1 unspecified atom stereocenters. The summed E-state index contributed by atoms with van der Waals surface area (Å²) in [6.07, 6.45) is 5.96. The minimum absolute atomic E-state index is 0.202. The van der Waals surface area contributed by atoms with E-state index in [-0.39, 0.29) is 43.1 Å². The first kappa shape index (κ1) is 30.5. The number of nitrogens with zero attached hydrogens (tertiary/aromatic N) is 3. The van der Waals surface area contributed by atoms with Gasteiger partial charge in [0.15, 0.2) is 11.4 Å². The highest BCUT2D eigenvalue weighted by Gasteiger charge is 2.34. The maximum atomic E-state index is 13.8. The Bertz CT molecular complexity index is 1190. The molecule has 10 heteroatoms. The molecule has 1 aliphatic rings. The SMILES string of the molecule is C=CCOc1cn(-c2ccccc2)nc1C(=O)N1CC[C@@H](C)C[C@H]1CNC(=O)C(CC=C)NC(=O)OC(C)(C)C. The topological polar surface area (TPSA) is 115 Å². The molecule has 1 aromatic heterocycles. The van der Waals surface area contributed by atoms with E-state index in [1.54, 1.807) is 48.7 Å². The summed E-state index contributed by atoms with van der Waals surface area (Å²) in [7, 11) is 0. The quantitative estimate of drug-likeness (QED) is 0.403. The van der Waals surface area contributed by atoms with Crippen LogP contribution >= 0.6 is 0 Å². The van der Waals surface area contributed by atoms with Crippen molar-refractivity contribution in [1.82, 2.24) is 25.3 Å². The van der Waals surface area contributed by atoms with Gasteiger partial charge in [-0.25, -0.2) is 9.48 Å². The second-order valence-electron chi connectivity index (χ2n) is 11.0. The van der Waals surface area contributed by atoms with Gasteiger partial charge in [0.1, 0.15) is 18.2 Å². The van der Waals surface area contributed by atoms with Crippen LogP contribution in [0.15, 0.2) is 61.8 Å². The Kier molecular flexibility index (Phi) is 10.5. The van der Waals surface area contributed by atoms with Gasteiger partial charge in [-0.05, 0) is 58.1 Å². The summed E-state index contributed by atoms with van der Waals surface area (Å²) in [6.45, 7) is 15.8. The number of likely N-dealkylation sites (tertiary alicyclic amines) is 1. The fourth-order valence-corrected chi connectivity index (χ4v) is 4.51. The number of hydrogen-bond donors (Lipinski definition) is 2. The summed E-state index contributed by atoms with van der Waals surface area (Å²) in [4.78, 5) is 40.9. The molecule has 216 valence electrons. The molecule has 10 nitrogen and oxygen atoms in total. The Morgan fingerprint density at radius 3 is 2.55 bits per heavy atom. The zero-order chi connectivity index (χ0) is 29.3. The van der Waals surface area contributed by atoms with Crippen LogP contribution in [-0.4, -0.2) is 70.0 Å². The van der Waals surface area contributed by atoms with E-state index < -0.39 is 17.7 Å². The predicted molar refractivity (Wildman–Crippen MR) is 153 cm³/mol. The minimum Gasteiger partial charge on any atom is -0.485 e. The van der Waals surface area contributed by atoms with Gasteiger partial charge in [0, 0.05) is 19.1 Å². The number of rotatable bonds is 11. The van der Waals surface area contributed by atoms with Crippen molar-refractivity contribution < 1.29 is 23.9 Å². The van der Waals surface area contributed by atoms with Crippen LogP contribution in [0.3, 0.4) is 0 Å². The smallest absolute Gasteiger partial charge is 0.408 e. The van der Waals surface area contributed by atoms with Crippen LogP contribution in [0.1, 0.15) is 57.4 Å². The molecule has 2 aromatic rings. The first-order valence-electron chi connectivity index (χ1n) is 13.6. The van der Waals surface area contributed by atoms with E-state index in [0.29, 0.717) is 24.6 Å². The lowest BCUT2D eigenvalue weighted by Gasteiger charge is -2.38. The molecule has 0 bridgehead atoms. The zero-order valence-electron chi connectivity index (χ0n) is 23.9. The maximum Gasteiger partial charge on any atom is 0.408 e. The van der Waals surface area contributed by atoms with Crippen LogP contribution in [0, 0.1) is 5.92 Å². The first-order chi connectivity index (χ1) is 19.0. The van der Waals surface area contributed by atoms with Gasteiger partial charge in [-0.2, -0.15) is 5.10 Å². The van der Waals surface area contributed by atoms with E-state index >= 15 is 0 Å². The number of carbonyl (C=O) groups is 3. The van der Waals surface area contributed by atoms with Crippen molar-refractivity contribution in [2.24, 2.45) is 5.92 Å². The van der Waals surface area contributed by atoms with Crippen molar-refractivity contribution in [2.75, 3.05) is 19.7 Å². The van der Waals surface area contributed by atoms with Gasteiger partial charge in [0.2, 0.25) is 5.91 Å². The Morgan fingerprint density at radius 2 is 1.90 bits per heavy atom. The Labute approximate surface area is 236 Å². The third-order valence-corrected chi connectivity index (χ3v) is 6.42. The largest absolute Gasteiger partial charge is 0.485 e. The third kappa shape index (κ3) is 8.46. The van der Waals surface area contributed by atoms with Gasteiger partial charge in [-0.3, -0.25) is 9.59 Å². The van der Waals surface area contributed by atoms with E-state index in [0.717, 1.165) is 12.1 Å². The summed E-state index contributed by atoms with van der Waals surface area (Å²) in [5, 5.41) is 10.1. The van der Waals surface area contributed by atoms with Crippen molar-refractivity contribution >= 4 is 17.9 Å². The summed E-state index contributed by atoms with van der Waals surface area (Å²) >= 11 is 0. The number of amides is 3. The van der Waals surface area contributed by atoms with Gasteiger partial charge in [0.05, 0.1) is 11.9 Å². The van der Waals surface area contributed by atoms with Crippen molar-refractivity contribution in [1.29, 1.82) is 0 Å². The van der Waals surface area contributed by atoms with Crippen LogP contribution < -0.4 is 15.4 Å². The monoisotopic (exact) mass is 551 g/mol. The number of aromatic nitrogens is 2. The molecule has 1 saturated heterocycles. The summed E-state index contributed by atoms with van der Waals surface area (Å²) in [5.74, 6) is 0.0881. The van der Waals surface area contributed by atoms with Gasteiger partial charge in [0.25, 0.3) is 5.91 Å². The zero-order valence-corrected chi connectivity index (χ0v) is 23.9. The van der Waals surface area contributed by atoms with Crippen molar-refractivity contribution in [3.8, 4) is 11.4 Å². The average Bonchev–Trinajstić information content (AvgIpc) is 3.33. The average molecular weight is 552 g/mol. The third-order valence-electron chi connectivity index (χ3n) is 6.42. The molecule has 40 heavy (non-hydrogen) atoms. The molecule has 2 heterocycles. The summed E-state index contributed by atoms with van der Waals surface area (Å²) < 4.78 is 12.7. The number of alkyl carbamates (subject to hydrolysis) is 1. The number of nitrogens with one attached hydrogen (secondary N) is 2. The molecule has 3 amide bonds. The minimum atomic E-state index is -0.849. The number of benzene rings is 1. The number of para-hydroxylation sites is 1. The molecule has 0 radical (unpaired) electrons. The van der Waals surface area contributed by atoms with E-state index in [2.05, 4.69) is 35.8 Å². The molecule has 0 saturated carbocycles. The van der Waals surface area contributed by atoms with Crippen LogP contribution in [0.2, 0.25) is 0 Å². The Hall–Kier alpha value is -4.08. The molecular weight excluding hydrogens is 510 g/mol. The van der Waals surface area contributed by atoms with E-state index in [4.69, 9.17) is 9.47 Å². The number of hydrogen-bond acceptors (Lipinski definition) is 6. The lowest BCUT2D eigenvalue weighted by molar-refractivity contribution is -0.123. The highest BCUT2D eigenvalue weighted by atomic mass is 16.6. The second-order valence-corrected chi connectivity index (χ2v) is 11.0. The van der Waals surface area contributed by atoms with Gasteiger partial charge in [-0.15, -0.1) is 6.58 Å². The molecule has 1 aromatic carbocycles. The van der Waals surface area contributed by atoms with Gasteiger partial charge < -0.3 is 25.0 Å². The Morgan fingerprint density at radius 1 is 1.18 bits per heavy atom. The van der Waals surface area contributed by atoms with Crippen LogP contribution in [-0.2, 0) is 9.53 Å². The normalized spacial score (nSPS) is 17.9. The molecular formula is C30H41N5O5. The molecule has 3 rings (SSSR count). The molecule has 2 N–H and O–H groups in total. The molecule has 1 fully saturated rings. The van der Waals surface area contributed by atoms with Crippen LogP contribution in [0.5, 0.6) is 5.75 Å². The standard InChI is InChI=1S/C30H41N5O5/c1-7-12-24(32-29(38)40-30(4,5)6)27(36)31-19-23-18-21(3)15-16-34(23)28(37)26-25(39-17-8-2)20-35(33-26)22-13-10-9-11-14-22/h7-11,13-14,20-21,23-24H,1-2,12,15-19H2,3-6H3,(H,31,36)(H,32,38)/t21-,23+,24?/m1/s1. The summed E-state index contributed by atoms with van der Waals surface area (Å²) in [5.41, 5.74) is 0.305. The number of ether oxygens (including phenoxy) is 2. The molecule has 0 spiro atoms. The van der Waals surface area contributed by atoms with Crippen LogP contribution in [0.4, 0.5) is 4.79 Å². The highest BCUT2D eigenvalue weighted by molar-refractivity contribution is 5.95. The fraction of sp³-hybridized carbons (Fsp3) is 0.467. The van der Waals surface area contributed by atoms with Crippen LogP contribution in [0.25, 0.3) is 5.69 Å². The van der Waals surface area contributed by atoms with Crippen molar-refractivity contribution in [2.45, 2.75) is 64.6 Å². The number of piperidine rings is 1. The van der Waals surface area contributed by atoms with E-state index in [1.807, 2.05) is 30.3 Å². The highest BCUT2D eigenvalue weighted by Crippen LogP contribution is 2.27. The summed E-state index contributed by atoms with van der Waals surface area (Å²) in [6, 6.07) is 8.37. The fourth-order valence-electron chi connectivity index (χ4n) is 4.51. The number of carbonyl (C=O) groups excluding carboxylic acids is 3. The maximum absolute atomic E-state index is 13.8. The molecule has 3 atom stereocenters. The second kappa shape index (κ2) is 13.8. The Balaban J connectivity index is 1.77. The molecule has 1 aliphatic heterocycles. The van der Waals surface area contributed by atoms with Crippen molar-refractivity contribution in [3.05, 3.63) is 67.5 Å². The van der Waals surface area contributed by atoms with E-state index in [1.165, 1.54) is 0 Å². The lowest BCUT2D eigenvalue weighted by atomic mass is 9.92. The predicted octanol–water partition coefficient (Wildman–Crippen LogP) is 4.26. The first-order valence-corrected chi connectivity index (χ1v) is 13.6. The van der Waals surface area contributed by atoms with E-state index in [9.17, 15) is 14.4 Å². The van der Waals surface area contributed by atoms with Gasteiger partial charge in [-0.1, -0.05) is 43.9 Å². The molecule has 0 aliphatic carbocycles. The lowest BCUT2D eigenvalue weighted by Crippen LogP contribution is -2.54.